The van der Waals surface area contributed by atoms with Crippen LogP contribution in [0.1, 0.15) is 5.82 Å². The minimum absolute atomic E-state index is 0.0224. The molecule has 0 atom stereocenters. The lowest BCUT2D eigenvalue weighted by atomic mass is 10.2. The van der Waals surface area contributed by atoms with Crippen molar-refractivity contribution in [3.8, 4) is 6.07 Å². The van der Waals surface area contributed by atoms with Crippen LogP contribution >= 0.6 is 11.8 Å². The van der Waals surface area contributed by atoms with Gasteiger partial charge in [0.05, 0.1) is 22.7 Å². The van der Waals surface area contributed by atoms with Crippen molar-refractivity contribution in [2.45, 2.75) is 17.5 Å². The third-order valence-corrected chi connectivity index (χ3v) is 4.20. The van der Waals surface area contributed by atoms with Gasteiger partial charge in [0.1, 0.15) is 18.7 Å². The molecular weight excluding hydrogens is 300 g/mol. The molecule has 22 heavy (non-hydrogen) atoms. The third kappa shape index (κ3) is 2.58. The Kier molecular flexibility index (Phi) is 3.89. The van der Waals surface area contributed by atoms with Crippen LogP contribution in [0.15, 0.2) is 40.5 Å². The van der Waals surface area contributed by atoms with Crippen molar-refractivity contribution in [3.63, 3.8) is 0 Å². The number of rotatable bonds is 4. The van der Waals surface area contributed by atoms with Gasteiger partial charge in [-0.05, 0) is 12.1 Å². The molecule has 0 saturated heterocycles. The van der Waals surface area contributed by atoms with Crippen molar-refractivity contribution >= 4 is 22.7 Å². The quantitative estimate of drug-likeness (QED) is 0.675. The molecule has 0 saturated carbocycles. The van der Waals surface area contributed by atoms with Crippen molar-refractivity contribution in [1.82, 2.24) is 24.3 Å². The van der Waals surface area contributed by atoms with Crippen LogP contribution in [0.4, 0.5) is 0 Å². The maximum Gasteiger partial charge on any atom is 0.262 e. The second kappa shape index (κ2) is 5.99. The first-order valence-corrected chi connectivity index (χ1v) is 7.51. The van der Waals surface area contributed by atoms with E-state index in [1.54, 1.807) is 29.1 Å². The molecule has 0 radical (unpaired) electrons. The molecule has 3 rings (SSSR count). The van der Waals surface area contributed by atoms with Crippen LogP contribution in [-0.2, 0) is 19.3 Å². The summed E-state index contributed by atoms with van der Waals surface area (Å²) >= 11 is 1.42. The molecule has 2 aromatic heterocycles. The lowest BCUT2D eigenvalue weighted by Gasteiger charge is -2.10. The Morgan fingerprint density at radius 2 is 2.18 bits per heavy atom. The first-order valence-electron chi connectivity index (χ1n) is 6.53. The highest BCUT2D eigenvalue weighted by atomic mass is 32.2. The summed E-state index contributed by atoms with van der Waals surface area (Å²) in [7, 11) is 1.85. The number of aryl methyl sites for hydroxylation is 1. The van der Waals surface area contributed by atoms with Gasteiger partial charge in [0.2, 0.25) is 0 Å². The fourth-order valence-corrected chi connectivity index (χ4v) is 2.92. The molecule has 0 spiro atoms. The number of thioether (sulfide) groups is 1. The zero-order valence-electron chi connectivity index (χ0n) is 11.8. The maximum absolute atomic E-state index is 12.5. The van der Waals surface area contributed by atoms with Gasteiger partial charge >= 0.3 is 0 Å². The predicted octanol–water partition coefficient (Wildman–Crippen LogP) is 1.34. The number of aromatic nitrogens is 5. The molecule has 2 heterocycles. The third-order valence-electron chi connectivity index (χ3n) is 3.17. The molecule has 110 valence electrons. The van der Waals surface area contributed by atoms with E-state index in [2.05, 4.69) is 15.2 Å². The zero-order chi connectivity index (χ0) is 15.5. The van der Waals surface area contributed by atoms with Crippen LogP contribution in [0.5, 0.6) is 0 Å². The highest BCUT2D eigenvalue weighted by Crippen LogP contribution is 2.19. The van der Waals surface area contributed by atoms with Gasteiger partial charge in [0, 0.05) is 7.05 Å². The Hall–Kier alpha value is -2.66. The van der Waals surface area contributed by atoms with E-state index >= 15 is 0 Å². The molecule has 7 nitrogen and oxygen atoms in total. The molecule has 0 aliphatic rings. The van der Waals surface area contributed by atoms with Gasteiger partial charge in [-0.25, -0.2) is 4.98 Å². The predicted molar refractivity (Wildman–Crippen MR) is 82.2 cm³/mol. The molecule has 0 bridgehead atoms. The van der Waals surface area contributed by atoms with Crippen LogP contribution in [0, 0.1) is 11.3 Å². The Morgan fingerprint density at radius 1 is 1.36 bits per heavy atom. The lowest BCUT2D eigenvalue weighted by Crippen LogP contribution is -2.24. The Bertz CT molecular complexity index is 923. The molecule has 0 N–H and O–H groups in total. The number of fused-ring (bicyclic) bond motifs is 1. The molecule has 1 aromatic carbocycles. The Morgan fingerprint density at radius 3 is 2.91 bits per heavy atom. The highest BCUT2D eigenvalue weighted by Gasteiger charge is 2.12. The van der Waals surface area contributed by atoms with Crippen molar-refractivity contribution < 1.29 is 0 Å². The number of hydrogen-bond donors (Lipinski definition) is 0. The summed E-state index contributed by atoms with van der Waals surface area (Å²) in [6.07, 6.45) is 1.61. The highest BCUT2D eigenvalue weighted by molar-refractivity contribution is 7.98. The van der Waals surface area contributed by atoms with E-state index in [-0.39, 0.29) is 12.1 Å². The molecule has 0 aliphatic carbocycles. The molecule has 0 amide bonds. The molecule has 3 aromatic rings. The zero-order valence-corrected chi connectivity index (χ0v) is 12.6. The van der Waals surface area contributed by atoms with Crippen molar-refractivity contribution in [3.05, 3.63) is 46.8 Å². The monoisotopic (exact) mass is 312 g/mol. The van der Waals surface area contributed by atoms with E-state index in [9.17, 15) is 4.79 Å². The fourth-order valence-electron chi connectivity index (χ4n) is 2.09. The van der Waals surface area contributed by atoms with Gasteiger partial charge in [-0.3, -0.25) is 9.36 Å². The molecule has 8 heteroatoms. The van der Waals surface area contributed by atoms with Gasteiger partial charge in [-0.1, -0.05) is 23.9 Å². The topological polar surface area (TPSA) is 89.4 Å². The lowest BCUT2D eigenvalue weighted by molar-refractivity contribution is 0.727. The average Bonchev–Trinajstić information content (AvgIpc) is 2.94. The Labute approximate surface area is 130 Å². The average molecular weight is 312 g/mol. The van der Waals surface area contributed by atoms with Crippen LogP contribution in [0.25, 0.3) is 10.9 Å². The summed E-state index contributed by atoms with van der Waals surface area (Å²) in [4.78, 5) is 17.0. The standard InChI is InChI=1S/C14H12N6OS/c1-19-9-16-18-14(19)22-8-12-17-11-5-3-2-4-10(11)13(21)20(12)7-6-15/h2-5,9H,7-8H2,1H3. The van der Waals surface area contributed by atoms with Crippen molar-refractivity contribution in [2.24, 2.45) is 7.05 Å². The first kappa shape index (κ1) is 14.3. The van der Waals surface area contributed by atoms with E-state index in [1.807, 2.05) is 19.2 Å². The van der Waals surface area contributed by atoms with Crippen LogP contribution in [0.3, 0.4) is 0 Å². The van der Waals surface area contributed by atoms with E-state index < -0.39 is 0 Å². The number of nitriles is 1. The van der Waals surface area contributed by atoms with E-state index in [0.717, 1.165) is 5.16 Å². The number of para-hydroxylation sites is 1. The van der Waals surface area contributed by atoms with Gasteiger partial charge in [0.25, 0.3) is 5.56 Å². The summed E-state index contributed by atoms with van der Waals surface area (Å²) in [5.41, 5.74) is 0.441. The van der Waals surface area contributed by atoms with Crippen LogP contribution in [0.2, 0.25) is 0 Å². The second-order valence-corrected chi connectivity index (χ2v) is 5.55. The Balaban J connectivity index is 2.04. The summed E-state index contributed by atoms with van der Waals surface area (Å²) in [5, 5.41) is 18.0. The smallest absolute Gasteiger partial charge is 0.262 e. The van der Waals surface area contributed by atoms with Gasteiger partial charge in [-0.2, -0.15) is 5.26 Å². The normalized spacial score (nSPS) is 10.7. The molecule has 0 aliphatic heterocycles. The largest absolute Gasteiger partial charge is 0.312 e. The number of nitrogens with zero attached hydrogens (tertiary/aromatic N) is 6. The SMILES string of the molecule is Cn1cnnc1SCc1nc2ccccc2c(=O)n1CC#N. The summed E-state index contributed by atoms with van der Waals surface area (Å²) in [6, 6.07) is 9.16. The summed E-state index contributed by atoms with van der Waals surface area (Å²) < 4.78 is 3.20. The van der Waals surface area contributed by atoms with Crippen LogP contribution in [-0.4, -0.2) is 24.3 Å². The van der Waals surface area contributed by atoms with Gasteiger partial charge in [-0.15, -0.1) is 10.2 Å². The molecule has 0 fully saturated rings. The maximum atomic E-state index is 12.5. The fraction of sp³-hybridized carbons (Fsp3) is 0.214. The van der Waals surface area contributed by atoms with E-state index in [0.29, 0.717) is 22.5 Å². The van der Waals surface area contributed by atoms with Crippen molar-refractivity contribution in [2.75, 3.05) is 0 Å². The number of benzene rings is 1. The van der Waals surface area contributed by atoms with Crippen LogP contribution < -0.4 is 5.56 Å². The molecule has 0 unspecified atom stereocenters. The minimum Gasteiger partial charge on any atom is -0.312 e. The van der Waals surface area contributed by atoms with Gasteiger partial charge in [0.15, 0.2) is 5.16 Å². The van der Waals surface area contributed by atoms with E-state index in [4.69, 9.17) is 5.26 Å². The molecular formula is C14H12N6OS. The van der Waals surface area contributed by atoms with E-state index in [1.165, 1.54) is 16.3 Å². The van der Waals surface area contributed by atoms with Gasteiger partial charge < -0.3 is 4.57 Å². The minimum atomic E-state index is -0.194. The first-order chi connectivity index (χ1) is 10.7. The summed E-state index contributed by atoms with van der Waals surface area (Å²) in [5.74, 6) is 0.993. The van der Waals surface area contributed by atoms with Crippen molar-refractivity contribution in [1.29, 1.82) is 5.26 Å². The summed E-state index contributed by atoms with van der Waals surface area (Å²) in [6.45, 7) is -0.0224. The second-order valence-electron chi connectivity index (χ2n) is 4.61. The number of hydrogen-bond acceptors (Lipinski definition) is 6.